The van der Waals surface area contributed by atoms with Crippen LogP contribution in [0.1, 0.15) is 31.2 Å². The lowest BCUT2D eigenvalue weighted by Gasteiger charge is -2.26. The van der Waals surface area contributed by atoms with E-state index in [1.807, 2.05) is 0 Å². The highest BCUT2D eigenvalue weighted by atomic mass is 79.9. The van der Waals surface area contributed by atoms with Crippen LogP contribution in [0.2, 0.25) is 0 Å². The minimum Gasteiger partial charge on any atom is -0.376 e. The van der Waals surface area contributed by atoms with E-state index < -0.39 is 0 Å². The Morgan fingerprint density at radius 2 is 1.76 bits per heavy atom. The number of benzene rings is 1. The molecule has 1 fully saturated rings. The first-order valence-corrected chi connectivity index (χ1v) is 8.04. The molecule has 0 aliphatic heterocycles. The first-order valence-electron chi connectivity index (χ1n) is 6.12. The summed E-state index contributed by atoms with van der Waals surface area (Å²) in [4.78, 5) is 0. The average molecular weight is 362 g/mol. The molecule has 0 aromatic heterocycles. The van der Waals surface area contributed by atoms with E-state index in [2.05, 4.69) is 56.1 Å². The summed E-state index contributed by atoms with van der Waals surface area (Å²) in [6.07, 6.45) is 5.32. The Balaban J connectivity index is 1.80. The van der Waals surface area contributed by atoms with E-state index in [-0.39, 0.29) is 0 Å². The molecular weight excluding hydrogens is 344 g/mol. The fraction of sp³-hybridized carbons (Fsp3) is 0.571. The maximum atomic E-state index is 5.89. The standard InChI is InChI=1S/C14H18Br2O/c15-10-14(7-1-2-8-14)11-17-9-12-3-5-13(16)6-4-12/h3-6H,1-2,7-11H2. The SMILES string of the molecule is BrCC1(COCc2ccc(Br)cc2)CCCC1. The molecule has 0 amide bonds. The molecule has 0 bridgehead atoms. The Morgan fingerprint density at radius 1 is 1.12 bits per heavy atom. The third kappa shape index (κ3) is 3.80. The van der Waals surface area contributed by atoms with E-state index >= 15 is 0 Å². The molecule has 1 nitrogen and oxygen atoms in total. The Morgan fingerprint density at radius 3 is 2.35 bits per heavy atom. The maximum Gasteiger partial charge on any atom is 0.0717 e. The van der Waals surface area contributed by atoms with Gasteiger partial charge in [0.1, 0.15) is 0 Å². The molecule has 2 rings (SSSR count). The highest BCUT2D eigenvalue weighted by Gasteiger charge is 2.32. The van der Waals surface area contributed by atoms with Gasteiger partial charge in [0.15, 0.2) is 0 Å². The van der Waals surface area contributed by atoms with Crippen LogP contribution in [0.5, 0.6) is 0 Å². The van der Waals surface area contributed by atoms with E-state index in [4.69, 9.17) is 4.74 Å². The second-order valence-corrected chi connectivity index (χ2v) is 6.44. The van der Waals surface area contributed by atoms with Crippen molar-refractivity contribution in [3.63, 3.8) is 0 Å². The van der Waals surface area contributed by atoms with Crippen molar-refractivity contribution in [2.45, 2.75) is 32.3 Å². The monoisotopic (exact) mass is 360 g/mol. The summed E-state index contributed by atoms with van der Waals surface area (Å²) in [5, 5.41) is 1.07. The second kappa shape index (κ2) is 6.35. The lowest BCUT2D eigenvalue weighted by atomic mass is 9.90. The van der Waals surface area contributed by atoms with Crippen molar-refractivity contribution in [2.75, 3.05) is 11.9 Å². The van der Waals surface area contributed by atoms with E-state index in [1.54, 1.807) is 0 Å². The van der Waals surface area contributed by atoms with Gasteiger partial charge in [-0.3, -0.25) is 0 Å². The molecule has 1 aliphatic rings. The van der Waals surface area contributed by atoms with Crippen LogP contribution in [0.15, 0.2) is 28.7 Å². The van der Waals surface area contributed by atoms with E-state index in [0.717, 1.165) is 23.0 Å². The lowest BCUT2D eigenvalue weighted by molar-refractivity contribution is 0.0487. The summed E-state index contributed by atoms with van der Waals surface area (Å²) in [5.74, 6) is 0. The van der Waals surface area contributed by atoms with E-state index in [1.165, 1.54) is 31.2 Å². The molecule has 0 saturated heterocycles. The fourth-order valence-corrected chi connectivity index (χ4v) is 3.39. The number of hydrogen-bond acceptors (Lipinski definition) is 1. The smallest absolute Gasteiger partial charge is 0.0717 e. The molecule has 0 N–H and O–H groups in total. The fourth-order valence-electron chi connectivity index (χ4n) is 2.41. The van der Waals surface area contributed by atoms with Gasteiger partial charge in [-0.1, -0.05) is 56.8 Å². The van der Waals surface area contributed by atoms with Crippen molar-refractivity contribution in [3.05, 3.63) is 34.3 Å². The molecule has 1 aromatic carbocycles. The zero-order valence-electron chi connectivity index (χ0n) is 9.92. The van der Waals surface area contributed by atoms with Crippen LogP contribution in [0, 0.1) is 5.41 Å². The van der Waals surface area contributed by atoms with Gasteiger partial charge in [0, 0.05) is 15.2 Å². The predicted octanol–water partition coefficient (Wildman–Crippen LogP) is 4.92. The Bertz CT molecular complexity index is 342. The number of hydrogen-bond donors (Lipinski definition) is 0. The molecule has 0 atom stereocenters. The van der Waals surface area contributed by atoms with Crippen LogP contribution in [0.3, 0.4) is 0 Å². The first kappa shape index (κ1) is 13.6. The number of ether oxygens (including phenoxy) is 1. The highest BCUT2D eigenvalue weighted by molar-refractivity contribution is 9.10. The quantitative estimate of drug-likeness (QED) is 0.676. The van der Waals surface area contributed by atoms with Gasteiger partial charge in [-0.2, -0.15) is 0 Å². The van der Waals surface area contributed by atoms with Gasteiger partial charge in [0.2, 0.25) is 0 Å². The van der Waals surface area contributed by atoms with Crippen molar-refractivity contribution in [3.8, 4) is 0 Å². The minimum atomic E-state index is 0.398. The van der Waals surface area contributed by atoms with Crippen molar-refractivity contribution in [1.82, 2.24) is 0 Å². The van der Waals surface area contributed by atoms with Gasteiger partial charge in [0.05, 0.1) is 13.2 Å². The molecule has 0 heterocycles. The molecule has 17 heavy (non-hydrogen) atoms. The molecule has 1 saturated carbocycles. The summed E-state index contributed by atoms with van der Waals surface area (Å²) >= 11 is 7.08. The zero-order chi connectivity index (χ0) is 12.1. The van der Waals surface area contributed by atoms with Crippen LogP contribution < -0.4 is 0 Å². The molecule has 3 heteroatoms. The Hall–Kier alpha value is 0.140. The van der Waals surface area contributed by atoms with Gasteiger partial charge in [-0.25, -0.2) is 0 Å². The normalized spacial score (nSPS) is 18.5. The summed E-state index contributed by atoms with van der Waals surface area (Å²) in [5.41, 5.74) is 1.64. The third-order valence-corrected chi connectivity index (χ3v) is 5.26. The van der Waals surface area contributed by atoms with Crippen LogP contribution in [-0.2, 0) is 11.3 Å². The topological polar surface area (TPSA) is 9.23 Å². The number of rotatable bonds is 5. The molecule has 0 unspecified atom stereocenters. The minimum absolute atomic E-state index is 0.398. The van der Waals surface area contributed by atoms with E-state index in [0.29, 0.717) is 5.41 Å². The van der Waals surface area contributed by atoms with Crippen LogP contribution in [0.4, 0.5) is 0 Å². The predicted molar refractivity (Wildman–Crippen MR) is 78.5 cm³/mol. The molecular formula is C14H18Br2O. The average Bonchev–Trinajstić information content (AvgIpc) is 2.81. The molecule has 1 aromatic rings. The van der Waals surface area contributed by atoms with Crippen molar-refractivity contribution in [1.29, 1.82) is 0 Å². The van der Waals surface area contributed by atoms with Gasteiger partial charge >= 0.3 is 0 Å². The number of halogens is 2. The van der Waals surface area contributed by atoms with Gasteiger partial charge < -0.3 is 4.74 Å². The Kier molecular flexibility index (Phi) is 5.07. The summed E-state index contributed by atoms with van der Waals surface area (Å²) in [6, 6.07) is 8.35. The van der Waals surface area contributed by atoms with E-state index in [9.17, 15) is 0 Å². The maximum absolute atomic E-state index is 5.89. The summed E-state index contributed by atoms with van der Waals surface area (Å²) < 4.78 is 7.01. The first-order chi connectivity index (χ1) is 8.24. The zero-order valence-corrected chi connectivity index (χ0v) is 13.1. The van der Waals surface area contributed by atoms with Crippen molar-refractivity contribution >= 4 is 31.9 Å². The van der Waals surface area contributed by atoms with Crippen molar-refractivity contribution < 1.29 is 4.74 Å². The highest BCUT2D eigenvalue weighted by Crippen LogP contribution is 2.39. The van der Waals surface area contributed by atoms with Gasteiger partial charge in [-0.15, -0.1) is 0 Å². The van der Waals surface area contributed by atoms with Crippen LogP contribution >= 0.6 is 31.9 Å². The van der Waals surface area contributed by atoms with Gasteiger partial charge in [0.25, 0.3) is 0 Å². The second-order valence-electron chi connectivity index (χ2n) is 4.96. The summed E-state index contributed by atoms with van der Waals surface area (Å²) in [6.45, 7) is 1.61. The largest absolute Gasteiger partial charge is 0.376 e. The number of alkyl halides is 1. The Labute approximate surface area is 120 Å². The van der Waals surface area contributed by atoms with Gasteiger partial charge in [-0.05, 0) is 30.5 Å². The molecule has 94 valence electrons. The molecule has 0 spiro atoms. The molecule has 0 radical (unpaired) electrons. The molecule has 1 aliphatic carbocycles. The third-order valence-electron chi connectivity index (χ3n) is 3.54. The summed E-state index contributed by atoms with van der Waals surface area (Å²) in [7, 11) is 0. The lowest BCUT2D eigenvalue weighted by Crippen LogP contribution is -2.25. The van der Waals surface area contributed by atoms with Crippen LogP contribution in [-0.4, -0.2) is 11.9 Å². The van der Waals surface area contributed by atoms with Crippen molar-refractivity contribution in [2.24, 2.45) is 5.41 Å². The van der Waals surface area contributed by atoms with Crippen LogP contribution in [0.25, 0.3) is 0 Å².